The van der Waals surface area contributed by atoms with E-state index in [0.29, 0.717) is 0 Å². The summed E-state index contributed by atoms with van der Waals surface area (Å²) in [6.45, 7) is 2.21. The van der Waals surface area contributed by atoms with Crippen LogP contribution in [-0.2, 0) is 9.37 Å². The summed E-state index contributed by atoms with van der Waals surface area (Å²) in [4.78, 5) is 0. The van der Waals surface area contributed by atoms with Crippen LogP contribution in [0.3, 0.4) is 0 Å². The molecule has 2 aromatic carbocycles. The molecule has 8 heteroatoms. The summed E-state index contributed by atoms with van der Waals surface area (Å²) in [5, 5.41) is 16.6. The molecule has 1 atom stereocenters. The van der Waals surface area contributed by atoms with Gasteiger partial charge in [-0.15, -0.1) is 0 Å². The van der Waals surface area contributed by atoms with Crippen LogP contribution in [0.4, 0.5) is 11.4 Å². The Balaban J connectivity index is 1.91. The Morgan fingerprint density at radius 3 is 2.28 bits per heavy atom. The molecule has 0 aliphatic heterocycles. The van der Waals surface area contributed by atoms with Crippen molar-refractivity contribution in [1.82, 2.24) is 0 Å². The van der Waals surface area contributed by atoms with Gasteiger partial charge in [-0.05, 0) is 0 Å². The molecule has 0 radical (unpaired) electrons. The number of nitrogens with one attached hydrogen (secondary N) is 1. The quantitative estimate of drug-likeness (QED) is 0.170. The van der Waals surface area contributed by atoms with Crippen LogP contribution in [0.5, 0.6) is 0 Å². The summed E-state index contributed by atoms with van der Waals surface area (Å²) in [5.74, 6) is 2.89. The fraction of sp³-hybridized carbons (Fsp3) is 0.294. The van der Waals surface area contributed by atoms with E-state index in [1.165, 1.54) is 16.5 Å². The van der Waals surface area contributed by atoms with Gasteiger partial charge in [-0.3, -0.25) is 0 Å². The first-order valence-electron chi connectivity index (χ1n) is 7.89. The topological polar surface area (TPSA) is 53.5 Å². The van der Waals surface area contributed by atoms with Gasteiger partial charge in [0.25, 0.3) is 0 Å². The van der Waals surface area contributed by atoms with E-state index in [1.54, 1.807) is 0 Å². The Labute approximate surface area is 164 Å². The maximum atomic E-state index is 9.80. The average Bonchev–Trinajstić information content (AvgIpc) is 2.66. The van der Waals surface area contributed by atoms with Crippen LogP contribution < -0.4 is 14.9 Å². The molecule has 0 amide bonds. The normalized spacial score (nSPS) is 12.1. The minimum absolute atomic E-state index is 0.748. The summed E-state index contributed by atoms with van der Waals surface area (Å²) in [6, 6.07) is 19.0. The van der Waals surface area contributed by atoms with Crippen LogP contribution >= 0.6 is 32.1 Å². The van der Waals surface area contributed by atoms with Crippen molar-refractivity contribution in [3.8, 4) is 0 Å². The van der Waals surface area contributed by atoms with Gasteiger partial charge in [-0.2, -0.15) is 0 Å². The Bertz CT molecular complexity index is 589. The van der Waals surface area contributed by atoms with Gasteiger partial charge in [0.2, 0.25) is 0 Å². The number of para-hydroxylation sites is 1. The minimum atomic E-state index is -1.23. The summed E-state index contributed by atoms with van der Waals surface area (Å²) in [5.41, 5.74) is 2.20. The van der Waals surface area contributed by atoms with Crippen LogP contribution in [0.2, 0.25) is 0 Å². The van der Waals surface area contributed by atoms with Gasteiger partial charge in [0.05, 0.1) is 0 Å². The number of anilines is 2. The zero-order chi connectivity index (χ0) is 17.7. The van der Waals surface area contributed by atoms with Crippen molar-refractivity contribution in [1.29, 1.82) is 0 Å². The molecule has 1 unspecified atom stereocenters. The molecule has 136 valence electrons. The Morgan fingerprint density at radius 2 is 1.60 bits per heavy atom. The van der Waals surface area contributed by atoms with E-state index in [4.69, 9.17) is 0 Å². The van der Waals surface area contributed by atoms with E-state index >= 15 is 0 Å². The first-order chi connectivity index (χ1) is 12.3. The molecule has 0 aliphatic carbocycles. The van der Waals surface area contributed by atoms with E-state index in [9.17, 15) is 5.26 Å². The summed E-state index contributed by atoms with van der Waals surface area (Å²) in [7, 11) is 4.10. The molecule has 0 fully saturated rings. The molecule has 0 aromatic heterocycles. The van der Waals surface area contributed by atoms with E-state index in [1.807, 2.05) is 28.2 Å². The van der Waals surface area contributed by atoms with Crippen molar-refractivity contribution >= 4 is 60.2 Å². The van der Waals surface area contributed by atoms with E-state index in [2.05, 4.69) is 68.0 Å². The Kier molecular flexibility index (Phi) is 10.9. The van der Waals surface area contributed by atoms with Crippen LogP contribution in [-0.4, -0.2) is 29.6 Å². The van der Waals surface area contributed by atoms with Crippen molar-refractivity contribution in [2.45, 2.75) is 13.3 Å². The molecule has 0 saturated carbocycles. The summed E-state index contributed by atoms with van der Waals surface area (Å²) >= 11 is -0.159. The average molecular weight is 458 g/mol. The molecule has 25 heavy (non-hydrogen) atoms. The molecule has 0 bridgehead atoms. The second kappa shape index (κ2) is 13.0. The first kappa shape index (κ1) is 21.0. The van der Waals surface area contributed by atoms with E-state index < -0.39 is 12.3 Å². The Morgan fingerprint density at radius 1 is 0.920 bits per heavy atom. The second-order valence-electron chi connectivity index (χ2n) is 4.92. The molecule has 0 heterocycles. The second-order valence-corrected chi connectivity index (χ2v) is 17.4. The number of hydrogen-bond donors (Lipinski definition) is 1. The summed E-state index contributed by atoms with van der Waals surface area (Å²) in [6.07, 6.45) is 1.19. The van der Waals surface area contributed by atoms with Crippen molar-refractivity contribution in [3.05, 3.63) is 54.6 Å². The molecule has 2 rings (SSSR count). The van der Waals surface area contributed by atoms with Crippen molar-refractivity contribution in [3.63, 3.8) is 0 Å². The van der Waals surface area contributed by atoms with Crippen molar-refractivity contribution < 1.29 is 14.6 Å². The van der Waals surface area contributed by atoms with Gasteiger partial charge in [0.1, 0.15) is 0 Å². The third-order valence-corrected chi connectivity index (χ3v) is 17.5. The van der Waals surface area contributed by atoms with Crippen LogP contribution in [0.1, 0.15) is 13.3 Å². The molecule has 4 nitrogen and oxygen atoms in total. The third kappa shape index (κ3) is 8.30. The van der Waals surface area contributed by atoms with Gasteiger partial charge < -0.3 is 0 Å². The third-order valence-electron chi connectivity index (χ3n) is 3.00. The fourth-order valence-corrected chi connectivity index (χ4v) is 16.1. The van der Waals surface area contributed by atoms with Crippen LogP contribution in [0.25, 0.3) is 0 Å². The van der Waals surface area contributed by atoms with Gasteiger partial charge >= 0.3 is 165 Å². The molecule has 2 aromatic rings. The van der Waals surface area contributed by atoms with Crippen LogP contribution in [0, 0.1) is 0 Å². The fourth-order valence-electron chi connectivity index (χ4n) is 1.92. The zero-order valence-electron chi connectivity index (χ0n) is 13.9. The van der Waals surface area contributed by atoms with Gasteiger partial charge in [0.15, 0.2) is 0 Å². The number of hydrogen-bond acceptors (Lipinski definition) is 7. The van der Waals surface area contributed by atoms with Crippen molar-refractivity contribution in [2.24, 2.45) is 0 Å². The van der Waals surface area contributed by atoms with E-state index in [0.717, 1.165) is 34.9 Å². The zero-order valence-corrected chi connectivity index (χ0v) is 18.2. The van der Waals surface area contributed by atoms with Gasteiger partial charge in [-0.25, -0.2) is 0 Å². The van der Waals surface area contributed by atoms with Crippen molar-refractivity contribution in [2.75, 3.05) is 22.6 Å². The number of benzene rings is 2. The van der Waals surface area contributed by atoms with Crippen LogP contribution in [0.15, 0.2) is 54.6 Å². The Hall–Kier alpha value is -0.272. The SMILES string of the molecule is CCCS[As](SCCSOO[O-])c1ccc(Nc2ccccc2)cc1. The van der Waals surface area contributed by atoms with E-state index in [-0.39, 0.29) is 0 Å². The molecular formula is C17H21AsNO3S3-. The molecular weight excluding hydrogens is 437 g/mol. The van der Waals surface area contributed by atoms with Gasteiger partial charge in [0, 0.05) is 0 Å². The number of rotatable bonds is 12. The molecule has 0 saturated heterocycles. The molecule has 0 aliphatic rings. The first-order valence-corrected chi connectivity index (χ1v) is 16.2. The molecule has 0 spiro atoms. The van der Waals surface area contributed by atoms with Gasteiger partial charge in [-0.1, -0.05) is 0 Å². The predicted octanol–water partition coefficient (Wildman–Crippen LogP) is 3.87. The standard InChI is InChI=1S/C17H22AsNO3S3/c1-2-12-23-18(24-13-14-25-22-21-20)15-8-10-17(11-9-15)19-16-6-4-3-5-7-16/h3-11,19-20H,2,12-14H2,1H3/p-1. The predicted molar refractivity (Wildman–Crippen MR) is 111 cm³/mol. The summed E-state index contributed by atoms with van der Waals surface area (Å²) < 4.78 is 5.77. The maximum absolute atomic E-state index is 9.80. The molecule has 1 N–H and O–H groups in total. The monoisotopic (exact) mass is 458 g/mol.